The van der Waals surface area contributed by atoms with Gasteiger partial charge in [-0.25, -0.2) is 0 Å². The van der Waals surface area contributed by atoms with Crippen LogP contribution in [0, 0.1) is 0 Å². The number of anilines is 3. The van der Waals surface area contributed by atoms with Crippen LogP contribution in [-0.4, -0.2) is 4.57 Å². The van der Waals surface area contributed by atoms with Crippen LogP contribution in [-0.2, 0) is 0 Å². The number of rotatable bonds is 6. The smallest absolute Gasteiger partial charge is 0.135 e. The molecule has 2 heterocycles. The minimum absolute atomic E-state index is 0.888. The minimum Gasteiger partial charge on any atom is -0.456 e. The topological polar surface area (TPSA) is 21.3 Å². The van der Waals surface area contributed by atoms with Crippen molar-refractivity contribution in [1.29, 1.82) is 0 Å². The number of furan rings is 1. The van der Waals surface area contributed by atoms with E-state index in [1.807, 2.05) is 12.1 Å². The summed E-state index contributed by atoms with van der Waals surface area (Å²) in [5.41, 5.74) is 13.4. The van der Waals surface area contributed by atoms with Crippen LogP contribution in [0.4, 0.5) is 17.1 Å². The molecule has 0 atom stereocenters. The van der Waals surface area contributed by atoms with Crippen molar-refractivity contribution in [2.24, 2.45) is 0 Å². The molecule has 3 nitrogen and oxygen atoms in total. The fraction of sp³-hybridized carbons (Fsp3) is 0. The molecule has 2 aromatic heterocycles. The summed E-state index contributed by atoms with van der Waals surface area (Å²) in [6.45, 7) is 0. The fourth-order valence-electron chi connectivity index (χ4n) is 7.54. The second-order valence-electron chi connectivity index (χ2n) is 13.0. The highest BCUT2D eigenvalue weighted by Crippen LogP contribution is 2.41. The zero-order chi connectivity index (χ0) is 33.7. The Labute approximate surface area is 295 Å². The Hall–Kier alpha value is -6.84. The fourth-order valence-corrected chi connectivity index (χ4v) is 7.54. The van der Waals surface area contributed by atoms with Gasteiger partial charge in [-0.1, -0.05) is 115 Å². The van der Waals surface area contributed by atoms with Crippen molar-refractivity contribution in [3.05, 3.63) is 194 Å². The van der Waals surface area contributed by atoms with Crippen LogP contribution in [0.15, 0.2) is 199 Å². The first-order valence-corrected chi connectivity index (χ1v) is 17.3. The SMILES string of the molecule is c1ccc(-c2ccc(N(c3ccc(-c4ccc5c(c4)c4ccccc4n5-c4ccccc4)cc3)c3ccc4oc5ccccc5c4c3)cc2)cc1. The lowest BCUT2D eigenvalue weighted by Gasteiger charge is -2.26. The van der Waals surface area contributed by atoms with E-state index in [0.29, 0.717) is 0 Å². The van der Waals surface area contributed by atoms with Crippen molar-refractivity contribution in [3.63, 3.8) is 0 Å². The predicted molar refractivity (Wildman–Crippen MR) is 214 cm³/mol. The second-order valence-corrected chi connectivity index (χ2v) is 13.0. The zero-order valence-corrected chi connectivity index (χ0v) is 27.8. The number of benzene rings is 8. The lowest BCUT2D eigenvalue weighted by molar-refractivity contribution is 0.669. The Morgan fingerprint density at radius 3 is 1.61 bits per heavy atom. The molecule has 0 aliphatic heterocycles. The average Bonchev–Trinajstić information content (AvgIpc) is 3.74. The standard InChI is InChI=1S/C48H32N2O/c1-3-11-33(12-4-1)34-19-24-38(25-20-34)49(40-28-30-48-44(32-40)42-16-8-10-18-47(42)51-48)39-26-21-35(22-27-39)36-23-29-46-43(31-36)41-15-7-9-17-45(41)50(46)37-13-5-2-6-14-37/h1-32H. The first-order chi connectivity index (χ1) is 25.3. The summed E-state index contributed by atoms with van der Waals surface area (Å²) in [6.07, 6.45) is 0. The lowest BCUT2D eigenvalue weighted by Crippen LogP contribution is -2.09. The largest absolute Gasteiger partial charge is 0.456 e. The van der Waals surface area contributed by atoms with Gasteiger partial charge in [0, 0.05) is 44.3 Å². The van der Waals surface area contributed by atoms with Gasteiger partial charge in [0.1, 0.15) is 11.2 Å². The van der Waals surface area contributed by atoms with Crippen LogP contribution in [0.3, 0.4) is 0 Å². The van der Waals surface area contributed by atoms with Crippen molar-refractivity contribution in [1.82, 2.24) is 4.57 Å². The molecule has 240 valence electrons. The Bertz CT molecular complexity index is 2830. The maximum Gasteiger partial charge on any atom is 0.135 e. The van der Waals surface area contributed by atoms with E-state index >= 15 is 0 Å². The van der Waals surface area contributed by atoms with Crippen LogP contribution in [0.2, 0.25) is 0 Å². The number of fused-ring (bicyclic) bond motifs is 6. The summed E-state index contributed by atoms with van der Waals surface area (Å²) in [5, 5.41) is 4.72. The Morgan fingerprint density at radius 1 is 0.333 bits per heavy atom. The first kappa shape index (κ1) is 29.1. The average molecular weight is 653 g/mol. The quantitative estimate of drug-likeness (QED) is 0.178. The molecule has 0 saturated heterocycles. The van der Waals surface area contributed by atoms with Gasteiger partial charge < -0.3 is 13.9 Å². The molecule has 0 spiro atoms. The van der Waals surface area contributed by atoms with Crippen molar-refractivity contribution in [2.75, 3.05) is 4.90 Å². The number of aromatic nitrogens is 1. The molecule has 8 aromatic carbocycles. The van der Waals surface area contributed by atoms with E-state index in [1.54, 1.807) is 0 Å². The Morgan fingerprint density at radius 2 is 0.863 bits per heavy atom. The number of hydrogen-bond acceptors (Lipinski definition) is 2. The summed E-state index contributed by atoms with van der Waals surface area (Å²) < 4.78 is 8.55. The molecule has 0 fully saturated rings. The molecule has 3 heteroatoms. The van der Waals surface area contributed by atoms with E-state index in [1.165, 1.54) is 49.7 Å². The highest BCUT2D eigenvalue weighted by atomic mass is 16.3. The Balaban J connectivity index is 1.07. The maximum atomic E-state index is 6.19. The third kappa shape index (κ3) is 4.98. The molecule has 51 heavy (non-hydrogen) atoms. The summed E-state index contributed by atoms with van der Waals surface area (Å²) in [7, 11) is 0. The predicted octanol–water partition coefficient (Wildman–Crippen LogP) is 13.5. The van der Waals surface area contributed by atoms with Gasteiger partial charge in [-0.3, -0.25) is 0 Å². The van der Waals surface area contributed by atoms with Crippen molar-refractivity contribution < 1.29 is 4.42 Å². The molecule has 0 saturated carbocycles. The van der Waals surface area contributed by atoms with Gasteiger partial charge in [0.25, 0.3) is 0 Å². The first-order valence-electron chi connectivity index (χ1n) is 17.3. The third-order valence-corrected chi connectivity index (χ3v) is 10.00. The van der Waals surface area contributed by atoms with Crippen LogP contribution in [0.5, 0.6) is 0 Å². The monoisotopic (exact) mass is 652 g/mol. The van der Waals surface area contributed by atoms with Gasteiger partial charge in [-0.05, 0) is 101 Å². The second kappa shape index (κ2) is 11.9. The van der Waals surface area contributed by atoms with Crippen LogP contribution < -0.4 is 4.90 Å². The van der Waals surface area contributed by atoms with Gasteiger partial charge in [0.2, 0.25) is 0 Å². The molecule has 0 aliphatic rings. The van der Waals surface area contributed by atoms with E-state index in [0.717, 1.165) is 39.0 Å². The molecule has 0 amide bonds. The van der Waals surface area contributed by atoms with Crippen LogP contribution >= 0.6 is 0 Å². The van der Waals surface area contributed by atoms with Gasteiger partial charge in [-0.2, -0.15) is 0 Å². The van der Waals surface area contributed by atoms with E-state index < -0.39 is 0 Å². The highest BCUT2D eigenvalue weighted by Gasteiger charge is 2.17. The zero-order valence-electron chi connectivity index (χ0n) is 27.8. The van der Waals surface area contributed by atoms with E-state index in [2.05, 4.69) is 191 Å². The lowest BCUT2D eigenvalue weighted by atomic mass is 10.0. The van der Waals surface area contributed by atoms with Gasteiger partial charge in [0.05, 0.1) is 11.0 Å². The molecule has 0 N–H and O–H groups in total. The molecule has 10 aromatic rings. The number of para-hydroxylation sites is 3. The van der Waals surface area contributed by atoms with Crippen LogP contribution in [0.1, 0.15) is 0 Å². The molecule has 0 radical (unpaired) electrons. The highest BCUT2D eigenvalue weighted by molar-refractivity contribution is 6.10. The number of nitrogens with zero attached hydrogens (tertiary/aromatic N) is 2. The van der Waals surface area contributed by atoms with Crippen molar-refractivity contribution in [3.8, 4) is 27.9 Å². The Kier molecular flexibility index (Phi) is 6.81. The molecular formula is C48H32N2O. The van der Waals surface area contributed by atoms with E-state index in [4.69, 9.17) is 4.42 Å². The van der Waals surface area contributed by atoms with Crippen LogP contribution in [0.25, 0.3) is 71.7 Å². The molecule has 10 rings (SSSR count). The summed E-state index contributed by atoms with van der Waals surface area (Å²) in [6, 6.07) is 69.2. The summed E-state index contributed by atoms with van der Waals surface area (Å²) in [5.74, 6) is 0. The third-order valence-electron chi connectivity index (χ3n) is 10.00. The van der Waals surface area contributed by atoms with E-state index in [9.17, 15) is 0 Å². The normalized spacial score (nSPS) is 11.5. The molecule has 0 aliphatic carbocycles. The number of hydrogen-bond donors (Lipinski definition) is 0. The maximum absolute atomic E-state index is 6.19. The van der Waals surface area contributed by atoms with Gasteiger partial charge in [-0.15, -0.1) is 0 Å². The van der Waals surface area contributed by atoms with Crippen molar-refractivity contribution in [2.45, 2.75) is 0 Å². The molecular weight excluding hydrogens is 621 g/mol. The summed E-state index contributed by atoms with van der Waals surface area (Å²) in [4.78, 5) is 2.33. The van der Waals surface area contributed by atoms with Gasteiger partial charge >= 0.3 is 0 Å². The van der Waals surface area contributed by atoms with Crippen molar-refractivity contribution >= 4 is 60.8 Å². The molecule has 0 bridgehead atoms. The summed E-state index contributed by atoms with van der Waals surface area (Å²) >= 11 is 0. The van der Waals surface area contributed by atoms with E-state index in [-0.39, 0.29) is 0 Å². The van der Waals surface area contributed by atoms with Gasteiger partial charge in [0.15, 0.2) is 0 Å². The molecule has 0 unspecified atom stereocenters. The minimum atomic E-state index is 0.888.